The summed E-state index contributed by atoms with van der Waals surface area (Å²) in [4.78, 5) is 25.4. The lowest BCUT2D eigenvalue weighted by molar-refractivity contribution is -0.142. The van der Waals surface area contributed by atoms with Gasteiger partial charge in [0.25, 0.3) is 0 Å². The van der Waals surface area contributed by atoms with Gasteiger partial charge >= 0.3 is 5.97 Å². The fourth-order valence-corrected chi connectivity index (χ4v) is 6.71. The van der Waals surface area contributed by atoms with Gasteiger partial charge in [0.15, 0.2) is 14.6 Å². The molecule has 1 saturated carbocycles. The summed E-state index contributed by atoms with van der Waals surface area (Å²) >= 11 is 0. The van der Waals surface area contributed by atoms with E-state index in [0.717, 1.165) is 11.1 Å². The zero-order valence-electron chi connectivity index (χ0n) is 20.6. The molecule has 1 aliphatic carbocycles. The maximum atomic E-state index is 13.3. The van der Waals surface area contributed by atoms with Crippen LogP contribution in [0, 0.1) is 0 Å². The summed E-state index contributed by atoms with van der Waals surface area (Å²) in [5.41, 5.74) is 2.25. The first-order chi connectivity index (χ1) is 17.7. The molecule has 3 aromatic rings. The van der Waals surface area contributed by atoms with Gasteiger partial charge in [0.05, 0.1) is 24.7 Å². The average Bonchev–Trinajstić information content (AvgIpc) is 2.87. The van der Waals surface area contributed by atoms with E-state index in [4.69, 9.17) is 9.47 Å². The summed E-state index contributed by atoms with van der Waals surface area (Å²) in [6, 6.07) is 19.2. The normalized spacial score (nSPS) is 15.2. The van der Waals surface area contributed by atoms with Crippen molar-refractivity contribution in [3.63, 3.8) is 0 Å². The van der Waals surface area contributed by atoms with Crippen LogP contribution in [0.2, 0.25) is 0 Å². The Bertz CT molecular complexity index is 1360. The van der Waals surface area contributed by atoms with Crippen molar-refractivity contribution < 1.29 is 32.6 Å². The Morgan fingerprint density at radius 2 is 1.51 bits per heavy atom. The second-order valence-electron chi connectivity index (χ2n) is 8.97. The Kier molecular flexibility index (Phi) is 7.54. The van der Waals surface area contributed by atoms with Gasteiger partial charge in [-0.25, -0.2) is 13.2 Å². The lowest BCUT2D eigenvalue weighted by Crippen LogP contribution is -2.60. The Morgan fingerprint density at radius 3 is 2.00 bits per heavy atom. The maximum Gasteiger partial charge on any atom is 0.326 e. The minimum atomic E-state index is -3.99. The summed E-state index contributed by atoms with van der Waals surface area (Å²) in [5.74, 6) is -0.748. The first kappa shape index (κ1) is 26.2. The van der Waals surface area contributed by atoms with Crippen LogP contribution in [0.3, 0.4) is 0 Å². The average molecular weight is 524 g/mol. The highest BCUT2D eigenvalue weighted by Crippen LogP contribution is 2.43. The topological polar surface area (TPSA) is 119 Å². The Balaban J connectivity index is 1.55. The van der Waals surface area contributed by atoms with Gasteiger partial charge in [-0.1, -0.05) is 48.5 Å². The molecule has 9 heteroatoms. The molecule has 0 aliphatic heterocycles. The number of hydrogen-bond donors (Lipinski definition) is 2. The van der Waals surface area contributed by atoms with Gasteiger partial charge in [-0.3, -0.25) is 4.79 Å². The van der Waals surface area contributed by atoms with Crippen LogP contribution in [0.25, 0.3) is 11.1 Å². The largest absolute Gasteiger partial charge is 0.496 e. The van der Waals surface area contributed by atoms with Crippen LogP contribution < -0.4 is 14.8 Å². The second kappa shape index (κ2) is 10.6. The Hall–Kier alpha value is -3.85. The van der Waals surface area contributed by atoms with Crippen LogP contribution in [0.4, 0.5) is 0 Å². The number of carboxylic acids is 1. The van der Waals surface area contributed by atoms with Crippen molar-refractivity contribution in [3.05, 3.63) is 78.4 Å². The van der Waals surface area contributed by atoms with Gasteiger partial charge < -0.3 is 19.9 Å². The van der Waals surface area contributed by atoms with Crippen molar-refractivity contribution in [1.82, 2.24) is 5.32 Å². The molecule has 0 unspecified atom stereocenters. The lowest BCUT2D eigenvalue weighted by atomic mass is 9.83. The molecule has 1 amide bonds. The third kappa shape index (κ3) is 4.91. The first-order valence-electron chi connectivity index (χ1n) is 11.9. The smallest absolute Gasteiger partial charge is 0.326 e. The number of sulfone groups is 1. The molecule has 4 rings (SSSR count). The highest BCUT2D eigenvalue weighted by atomic mass is 32.2. The molecule has 194 valence electrons. The Labute approximate surface area is 216 Å². The maximum absolute atomic E-state index is 13.3. The van der Waals surface area contributed by atoms with Crippen molar-refractivity contribution in [2.75, 3.05) is 14.2 Å². The van der Waals surface area contributed by atoms with E-state index in [0.29, 0.717) is 23.5 Å². The van der Waals surface area contributed by atoms with Crippen LogP contribution in [-0.4, -0.2) is 50.4 Å². The van der Waals surface area contributed by atoms with E-state index in [2.05, 4.69) is 5.32 Å². The molecule has 1 fully saturated rings. The molecule has 37 heavy (non-hydrogen) atoms. The van der Waals surface area contributed by atoms with Crippen LogP contribution in [0.5, 0.6) is 11.5 Å². The second-order valence-corrected chi connectivity index (χ2v) is 11.2. The van der Waals surface area contributed by atoms with Crippen molar-refractivity contribution in [1.29, 1.82) is 0 Å². The van der Waals surface area contributed by atoms with Crippen LogP contribution in [0.15, 0.2) is 77.7 Å². The fraction of sp³-hybridized carbons (Fsp3) is 0.286. The predicted octanol–water partition coefficient (Wildman–Crippen LogP) is 3.88. The van der Waals surface area contributed by atoms with Crippen molar-refractivity contribution >= 4 is 21.7 Å². The van der Waals surface area contributed by atoms with Crippen molar-refractivity contribution in [2.45, 2.75) is 41.4 Å². The summed E-state index contributed by atoms with van der Waals surface area (Å²) in [6.07, 6.45) is 0.868. The molecule has 8 nitrogen and oxygen atoms in total. The molecule has 0 spiro atoms. The molecule has 1 atom stereocenters. The number of methoxy groups -OCH3 is 2. The van der Waals surface area contributed by atoms with Crippen LogP contribution in [-0.2, 0) is 25.8 Å². The van der Waals surface area contributed by atoms with Crippen LogP contribution >= 0.6 is 0 Å². The highest BCUT2D eigenvalue weighted by molar-refractivity contribution is 7.93. The third-order valence-electron chi connectivity index (χ3n) is 6.86. The van der Waals surface area contributed by atoms with Gasteiger partial charge in [0.2, 0.25) is 5.91 Å². The van der Waals surface area contributed by atoms with E-state index >= 15 is 0 Å². The zero-order chi connectivity index (χ0) is 26.6. The number of amides is 1. The molecular formula is C28H29NO7S. The zero-order valence-corrected chi connectivity index (χ0v) is 21.5. The van der Waals surface area contributed by atoms with Gasteiger partial charge in [-0.15, -0.1) is 0 Å². The summed E-state index contributed by atoms with van der Waals surface area (Å²) in [7, 11) is -0.847. The number of carboxylic acid groups (broad SMARTS) is 1. The molecule has 0 bridgehead atoms. The molecule has 2 N–H and O–H groups in total. The lowest BCUT2D eigenvalue weighted by Gasteiger charge is -2.39. The number of carbonyl (C=O) groups excluding carboxylic acids is 1. The van der Waals surface area contributed by atoms with Gasteiger partial charge in [-0.2, -0.15) is 0 Å². The van der Waals surface area contributed by atoms with Crippen LogP contribution in [0.1, 0.15) is 24.8 Å². The van der Waals surface area contributed by atoms with Gasteiger partial charge in [-0.05, 0) is 54.7 Å². The number of hydrogen-bond acceptors (Lipinski definition) is 6. The number of carbonyl (C=O) groups is 2. The van der Waals surface area contributed by atoms with E-state index in [9.17, 15) is 23.1 Å². The number of nitrogens with one attached hydrogen (secondary N) is 1. The number of benzene rings is 3. The van der Waals surface area contributed by atoms with E-state index in [-0.39, 0.29) is 24.2 Å². The Morgan fingerprint density at radius 1 is 0.919 bits per heavy atom. The van der Waals surface area contributed by atoms with Crippen molar-refractivity contribution in [3.8, 4) is 22.6 Å². The molecule has 3 aromatic carbocycles. The SMILES string of the molecule is COc1cccc(OC)c1-c1ccc(C[C@H](NC(=O)C2(S(=O)(=O)c3ccccc3)CCC2)C(=O)O)cc1. The standard InChI is InChI=1S/C28H29NO7S/c1-35-23-10-6-11-24(36-2)25(23)20-14-12-19(13-15-20)18-22(26(30)31)29-27(32)28(16-7-17-28)37(33,34)21-8-4-3-5-9-21/h3-6,8-15,22H,7,16-18H2,1-2H3,(H,29,32)(H,30,31)/t22-/m0/s1. The number of ether oxygens (including phenoxy) is 2. The van der Waals surface area contributed by atoms with E-state index in [1.165, 1.54) is 12.1 Å². The highest BCUT2D eigenvalue weighted by Gasteiger charge is 2.56. The monoisotopic (exact) mass is 523 g/mol. The molecule has 1 aliphatic rings. The predicted molar refractivity (Wildman–Crippen MR) is 138 cm³/mol. The van der Waals surface area contributed by atoms with E-state index in [1.54, 1.807) is 44.6 Å². The molecule has 0 aromatic heterocycles. The van der Waals surface area contributed by atoms with E-state index in [1.807, 2.05) is 30.3 Å². The minimum Gasteiger partial charge on any atom is -0.496 e. The number of rotatable bonds is 10. The molecule has 0 heterocycles. The molecular weight excluding hydrogens is 494 g/mol. The van der Waals surface area contributed by atoms with Crippen molar-refractivity contribution in [2.24, 2.45) is 0 Å². The first-order valence-corrected chi connectivity index (χ1v) is 13.4. The minimum absolute atomic E-state index is 0.00806. The van der Waals surface area contributed by atoms with E-state index < -0.39 is 32.5 Å². The molecule has 0 saturated heterocycles. The summed E-state index contributed by atoms with van der Waals surface area (Å²) in [6.45, 7) is 0. The van der Waals surface area contributed by atoms with Gasteiger partial charge in [0.1, 0.15) is 17.5 Å². The van der Waals surface area contributed by atoms with Gasteiger partial charge in [0, 0.05) is 6.42 Å². The molecule has 0 radical (unpaired) electrons. The number of aliphatic carboxylic acids is 1. The summed E-state index contributed by atoms with van der Waals surface area (Å²) in [5, 5.41) is 12.3. The summed E-state index contributed by atoms with van der Waals surface area (Å²) < 4.78 is 35.9. The quantitative estimate of drug-likeness (QED) is 0.414. The third-order valence-corrected chi connectivity index (χ3v) is 9.37. The fourth-order valence-electron chi connectivity index (χ4n) is 4.61.